The van der Waals surface area contributed by atoms with Gasteiger partial charge in [-0.25, -0.2) is 4.98 Å². The number of aromatic nitrogens is 2. The van der Waals surface area contributed by atoms with Gasteiger partial charge in [0.25, 0.3) is 5.56 Å². The summed E-state index contributed by atoms with van der Waals surface area (Å²) in [6.07, 6.45) is 0.707. The lowest BCUT2D eigenvalue weighted by Gasteiger charge is -2.02. The molecule has 0 amide bonds. The minimum Gasteiger partial charge on any atom is -0.445 e. The number of aromatic amines is 1. The SMILES string of the molecule is CCc1nc(-c2cc(Br)c(Br)o2)[nH]c(=O)c1I. The summed E-state index contributed by atoms with van der Waals surface area (Å²) in [5.74, 6) is 0.964. The molecule has 0 bridgehead atoms. The first-order valence-electron chi connectivity index (χ1n) is 4.76. The van der Waals surface area contributed by atoms with Gasteiger partial charge in [-0.3, -0.25) is 4.79 Å². The molecule has 2 aromatic rings. The molecule has 0 radical (unpaired) electrons. The standard InChI is InChI=1S/C10H7Br2IN2O2/c1-2-5-7(13)10(16)15-9(14-5)6-3-4(11)8(12)17-6/h3H,2H2,1H3,(H,14,15,16). The van der Waals surface area contributed by atoms with E-state index in [-0.39, 0.29) is 5.56 Å². The molecule has 17 heavy (non-hydrogen) atoms. The molecule has 0 atom stereocenters. The highest BCUT2D eigenvalue weighted by Crippen LogP contribution is 2.31. The van der Waals surface area contributed by atoms with Gasteiger partial charge in [0.1, 0.15) is 0 Å². The lowest BCUT2D eigenvalue weighted by molar-refractivity contribution is 0.548. The molecule has 0 unspecified atom stereocenters. The Morgan fingerprint density at radius 3 is 2.76 bits per heavy atom. The lowest BCUT2D eigenvalue weighted by Crippen LogP contribution is -2.15. The van der Waals surface area contributed by atoms with Gasteiger partial charge in [0.2, 0.25) is 0 Å². The van der Waals surface area contributed by atoms with Gasteiger partial charge in [0.05, 0.1) is 13.7 Å². The van der Waals surface area contributed by atoms with Crippen LogP contribution in [0.1, 0.15) is 12.6 Å². The minimum atomic E-state index is -0.143. The summed E-state index contributed by atoms with van der Waals surface area (Å²) in [6.45, 7) is 1.96. The molecule has 0 spiro atoms. The van der Waals surface area contributed by atoms with E-state index in [0.29, 0.717) is 26.2 Å². The first kappa shape index (κ1) is 13.3. The molecule has 0 aliphatic heterocycles. The van der Waals surface area contributed by atoms with Crippen molar-refractivity contribution in [3.05, 3.63) is 34.8 Å². The number of nitrogens with one attached hydrogen (secondary N) is 1. The fraction of sp³-hybridized carbons (Fsp3) is 0.200. The summed E-state index contributed by atoms with van der Waals surface area (Å²) in [5, 5.41) is 0. The third-order valence-electron chi connectivity index (χ3n) is 2.14. The monoisotopic (exact) mass is 472 g/mol. The van der Waals surface area contributed by atoms with E-state index in [1.807, 2.05) is 29.5 Å². The Hall–Kier alpha value is -0.150. The Morgan fingerprint density at radius 2 is 2.24 bits per heavy atom. The van der Waals surface area contributed by atoms with E-state index < -0.39 is 0 Å². The van der Waals surface area contributed by atoms with Crippen LogP contribution in [0.3, 0.4) is 0 Å². The zero-order chi connectivity index (χ0) is 12.6. The normalized spacial score (nSPS) is 10.8. The van der Waals surface area contributed by atoms with E-state index in [2.05, 4.69) is 41.8 Å². The van der Waals surface area contributed by atoms with E-state index in [1.165, 1.54) is 0 Å². The van der Waals surface area contributed by atoms with Crippen LogP contribution in [0.25, 0.3) is 11.6 Å². The van der Waals surface area contributed by atoms with Gasteiger partial charge >= 0.3 is 0 Å². The molecule has 0 saturated heterocycles. The zero-order valence-corrected chi connectivity index (χ0v) is 14.0. The van der Waals surface area contributed by atoms with Crippen molar-refractivity contribution in [3.8, 4) is 11.6 Å². The lowest BCUT2D eigenvalue weighted by atomic mass is 10.3. The topological polar surface area (TPSA) is 58.9 Å². The molecular formula is C10H7Br2IN2O2. The first-order chi connectivity index (χ1) is 8.02. The van der Waals surface area contributed by atoms with Crippen LogP contribution in [0.4, 0.5) is 0 Å². The van der Waals surface area contributed by atoms with Crippen LogP contribution < -0.4 is 5.56 Å². The number of hydrogen-bond donors (Lipinski definition) is 1. The van der Waals surface area contributed by atoms with E-state index in [0.717, 1.165) is 10.2 Å². The third kappa shape index (κ3) is 2.65. The maximum absolute atomic E-state index is 11.7. The number of rotatable bonds is 2. The third-order valence-corrected chi connectivity index (χ3v) is 4.97. The van der Waals surface area contributed by atoms with Crippen molar-refractivity contribution < 1.29 is 4.42 Å². The predicted molar refractivity (Wildman–Crippen MR) is 80.1 cm³/mol. The first-order valence-corrected chi connectivity index (χ1v) is 7.43. The molecule has 2 aromatic heterocycles. The molecule has 0 aliphatic rings. The van der Waals surface area contributed by atoms with Gasteiger partial charge in [-0.05, 0) is 60.9 Å². The van der Waals surface area contributed by atoms with E-state index in [1.54, 1.807) is 6.07 Å². The summed E-state index contributed by atoms with van der Waals surface area (Å²) < 4.78 is 7.41. The van der Waals surface area contributed by atoms with Gasteiger partial charge in [0, 0.05) is 6.07 Å². The van der Waals surface area contributed by atoms with E-state index in [4.69, 9.17) is 4.42 Å². The average Bonchev–Trinajstić information content (AvgIpc) is 2.63. The van der Waals surface area contributed by atoms with Crippen LogP contribution in [0.5, 0.6) is 0 Å². The van der Waals surface area contributed by atoms with E-state index >= 15 is 0 Å². The van der Waals surface area contributed by atoms with Crippen LogP contribution in [-0.4, -0.2) is 9.97 Å². The highest BCUT2D eigenvalue weighted by molar-refractivity contribution is 14.1. The summed E-state index contributed by atoms with van der Waals surface area (Å²) in [4.78, 5) is 18.8. The summed E-state index contributed by atoms with van der Waals surface area (Å²) >= 11 is 8.56. The fourth-order valence-corrected chi connectivity index (χ4v) is 2.53. The van der Waals surface area contributed by atoms with Gasteiger partial charge in [-0.1, -0.05) is 6.92 Å². The second-order valence-electron chi connectivity index (χ2n) is 3.26. The van der Waals surface area contributed by atoms with Crippen molar-refractivity contribution in [2.75, 3.05) is 0 Å². The highest BCUT2D eigenvalue weighted by atomic mass is 127. The molecule has 2 heterocycles. The molecule has 2 rings (SSSR count). The molecule has 4 nitrogen and oxygen atoms in total. The second kappa shape index (κ2) is 5.23. The highest BCUT2D eigenvalue weighted by Gasteiger charge is 2.13. The number of hydrogen-bond acceptors (Lipinski definition) is 3. The number of halogens is 3. The molecular weight excluding hydrogens is 467 g/mol. The zero-order valence-electron chi connectivity index (χ0n) is 8.68. The number of nitrogens with zero attached hydrogens (tertiary/aromatic N) is 1. The van der Waals surface area contributed by atoms with Gasteiger partial charge in [-0.15, -0.1) is 0 Å². The molecule has 0 aliphatic carbocycles. The minimum absolute atomic E-state index is 0.143. The van der Waals surface area contributed by atoms with Crippen LogP contribution in [0.2, 0.25) is 0 Å². The smallest absolute Gasteiger partial charge is 0.264 e. The van der Waals surface area contributed by atoms with Crippen LogP contribution in [0, 0.1) is 3.57 Å². The quantitative estimate of drug-likeness (QED) is 0.676. The Kier molecular flexibility index (Phi) is 4.09. The molecule has 0 aromatic carbocycles. The van der Waals surface area contributed by atoms with Crippen molar-refractivity contribution in [3.63, 3.8) is 0 Å². The van der Waals surface area contributed by atoms with Gasteiger partial charge < -0.3 is 9.40 Å². The maximum Gasteiger partial charge on any atom is 0.264 e. The molecule has 0 saturated carbocycles. The van der Waals surface area contributed by atoms with Gasteiger partial charge in [-0.2, -0.15) is 0 Å². The summed E-state index contributed by atoms with van der Waals surface area (Å²) in [6, 6.07) is 1.76. The number of H-pyrrole nitrogens is 1. The Balaban J connectivity index is 2.60. The van der Waals surface area contributed by atoms with Crippen molar-refractivity contribution in [1.29, 1.82) is 0 Å². The Bertz CT molecular complexity index is 602. The summed E-state index contributed by atoms with van der Waals surface area (Å²) in [7, 11) is 0. The Labute approximate surface area is 128 Å². The Morgan fingerprint density at radius 1 is 1.53 bits per heavy atom. The number of aryl methyl sites for hydroxylation is 1. The predicted octanol–water partition coefficient (Wildman–Crippen LogP) is 3.72. The van der Waals surface area contributed by atoms with Crippen LogP contribution >= 0.6 is 54.5 Å². The molecule has 90 valence electrons. The van der Waals surface area contributed by atoms with Gasteiger partial charge in [0.15, 0.2) is 16.3 Å². The second-order valence-corrected chi connectivity index (χ2v) is 5.91. The maximum atomic E-state index is 11.7. The van der Waals surface area contributed by atoms with Crippen LogP contribution in [-0.2, 0) is 6.42 Å². The van der Waals surface area contributed by atoms with E-state index in [9.17, 15) is 4.79 Å². The molecule has 1 N–H and O–H groups in total. The van der Waals surface area contributed by atoms with Crippen molar-refractivity contribution in [2.45, 2.75) is 13.3 Å². The average molecular weight is 474 g/mol. The van der Waals surface area contributed by atoms with Crippen LogP contribution in [0.15, 0.2) is 24.4 Å². The van der Waals surface area contributed by atoms with Crippen molar-refractivity contribution in [2.24, 2.45) is 0 Å². The largest absolute Gasteiger partial charge is 0.445 e. The molecule has 7 heteroatoms. The molecule has 0 fully saturated rings. The van der Waals surface area contributed by atoms with Crippen molar-refractivity contribution >= 4 is 54.5 Å². The summed E-state index contributed by atoms with van der Waals surface area (Å²) in [5.41, 5.74) is 0.629. The van der Waals surface area contributed by atoms with Crippen molar-refractivity contribution in [1.82, 2.24) is 9.97 Å². The number of furan rings is 1. The fourth-order valence-electron chi connectivity index (χ4n) is 1.32.